The maximum Gasteiger partial charge on any atom is 0.407 e. The van der Waals surface area contributed by atoms with Crippen LogP contribution in [0, 0.1) is 0 Å². The van der Waals surface area contributed by atoms with Gasteiger partial charge in [0.05, 0.1) is 13.2 Å². The molecule has 1 aliphatic heterocycles. The van der Waals surface area contributed by atoms with Crippen molar-refractivity contribution in [1.29, 1.82) is 0 Å². The van der Waals surface area contributed by atoms with E-state index >= 15 is 0 Å². The summed E-state index contributed by atoms with van der Waals surface area (Å²) in [6, 6.07) is 24.6. The zero-order valence-corrected chi connectivity index (χ0v) is 17.7. The number of amides is 1. The highest BCUT2D eigenvalue weighted by molar-refractivity contribution is 5.79. The van der Waals surface area contributed by atoms with Gasteiger partial charge in [0.15, 0.2) is 6.29 Å². The maximum absolute atomic E-state index is 12.2. The molecule has 0 aromatic heterocycles. The first-order valence-corrected chi connectivity index (χ1v) is 10.9. The molecule has 0 atom stereocenters. The van der Waals surface area contributed by atoms with Crippen molar-refractivity contribution >= 4 is 12.2 Å². The zero-order valence-electron chi connectivity index (χ0n) is 17.7. The van der Waals surface area contributed by atoms with Gasteiger partial charge in [-0.15, -0.1) is 0 Å². The number of carbonyl (C=O) groups excluding carboxylic acids is 1. The van der Waals surface area contributed by atoms with E-state index in [0.717, 1.165) is 11.1 Å². The van der Waals surface area contributed by atoms with Gasteiger partial charge in [0.2, 0.25) is 0 Å². The normalized spacial score (nSPS) is 15.6. The maximum atomic E-state index is 12.2. The quantitative estimate of drug-likeness (QED) is 0.581. The fourth-order valence-corrected chi connectivity index (χ4v) is 4.30. The van der Waals surface area contributed by atoms with Crippen molar-refractivity contribution in [3.63, 3.8) is 0 Å². The molecule has 1 N–H and O–H groups in total. The number of hydrogen-bond acceptors (Lipinski definition) is 4. The van der Waals surface area contributed by atoms with Crippen LogP contribution in [0.3, 0.4) is 0 Å². The molecule has 0 radical (unpaired) electrons. The van der Waals surface area contributed by atoms with Gasteiger partial charge in [-0.2, -0.15) is 0 Å². The van der Waals surface area contributed by atoms with E-state index in [9.17, 15) is 4.79 Å². The van der Waals surface area contributed by atoms with Crippen LogP contribution in [-0.4, -0.2) is 32.5 Å². The third kappa shape index (κ3) is 4.31. The summed E-state index contributed by atoms with van der Waals surface area (Å²) < 4.78 is 16.6. The fourth-order valence-electron chi connectivity index (χ4n) is 4.30. The summed E-state index contributed by atoms with van der Waals surface area (Å²) in [5, 5.41) is 2.79. The molecule has 0 unspecified atom stereocenters. The molecule has 1 heterocycles. The van der Waals surface area contributed by atoms with E-state index in [4.69, 9.17) is 14.2 Å². The van der Waals surface area contributed by atoms with Crippen LogP contribution < -0.4 is 5.32 Å². The predicted molar refractivity (Wildman–Crippen MR) is 123 cm³/mol. The molecule has 0 saturated carbocycles. The summed E-state index contributed by atoms with van der Waals surface area (Å²) in [5.74, 6) is 0.0648. The van der Waals surface area contributed by atoms with Gasteiger partial charge < -0.3 is 19.5 Å². The van der Waals surface area contributed by atoms with Crippen molar-refractivity contribution in [3.8, 4) is 11.1 Å². The van der Waals surface area contributed by atoms with Gasteiger partial charge in [-0.05, 0) is 27.8 Å². The van der Waals surface area contributed by atoms with Gasteiger partial charge in [0.25, 0.3) is 0 Å². The van der Waals surface area contributed by atoms with Crippen molar-refractivity contribution in [3.05, 3.63) is 101 Å². The number of ether oxygens (including phenoxy) is 3. The lowest BCUT2D eigenvalue weighted by Gasteiger charge is -2.14. The zero-order chi connectivity index (χ0) is 21.8. The first-order chi connectivity index (χ1) is 15.8. The van der Waals surface area contributed by atoms with E-state index in [1.54, 1.807) is 0 Å². The van der Waals surface area contributed by atoms with Crippen LogP contribution >= 0.6 is 0 Å². The standard InChI is InChI=1S/C27H25NO4/c29-27(28-15-5-6-19-11-13-20(14-12-19)26-30-16-17-31-26)32-18-25-23-9-3-1-7-21(23)22-8-2-4-10-24(22)25/h1-14,25-26H,15-18H2,(H,28,29). The van der Waals surface area contributed by atoms with Crippen molar-refractivity contribution in [2.24, 2.45) is 0 Å². The average molecular weight is 428 g/mol. The average Bonchev–Trinajstić information content (AvgIpc) is 3.48. The number of carbonyl (C=O) groups is 1. The second-order valence-corrected chi connectivity index (χ2v) is 7.85. The molecule has 32 heavy (non-hydrogen) atoms. The molecule has 2 aliphatic rings. The van der Waals surface area contributed by atoms with Crippen molar-refractivity contribution < 1.29 is 19.0 Å². The Morgan fingerprint density at radius 1 is 0.906 bits per heavy atom. The topological polar surface area (TPSA) is 56.8 Å². The first-order valence-electron chi connectivity index (χ1n) is 10.9. The van der Waals surface area contributed by atoms with Crippen LogP contribution in [0.4, 0.5) is 4.79 Å². The molecule has 1 fully saturated rings. The monoisotopic (exact) mass is 427 g/mol. The van der Waals surface area contributed by atoms with E-state index < -0.39 is 6.09 Å². The number of fused-ring (bicyclic) bond motifs is 3. The van der Waals surface area contributed by atoms with Gasteiger partial charge in [-0.3, -0.25) is 0 Å². The summed E-state index contributed by atoms with van der Waals surface area (Å²) in [6.07, 6.45) is 3.19. The molecule has 3 aromatic carbocycles. The van der Waals surface area contributed by atoms with Crippen molar-refractivity contribution in [2.75, 3.05) is 26.4 Å². The van der Waals surface area contributed by atoms with Crippen molar-refractivity contribution in [1.82, 2.24) is 5.32 Å². The second kappa shape index (κ2) is 9.39. The van der Waals surface area contributed by atoms with E-state index in [1.807, 2.05) is 60.7 Å². The van der Waals surface area contributed by atoms with E-state index in [0.29, 0.717) is 26.4 Å². The summed E-state index contributed by atoms with van der Waals surface area (Å²) in [6.45, 7) is 1.98. The number of alkyl carbamates (subject to hydrolysis) is 1. The highest BCUT2D eigenvalue weighted by Crippen LogP contribution is 2.44. The molecule has 1 saturated heterocycles. The second-order valence-electron chi connectivity index (χ2n) is 7.85. The molecule has 5 nitrogen and oxygen atoms in total. The molecule has 5 rings (SSSR count). The summed E-state index contributed by atoms with van der Waals surface area (Å²) in [5.41, 5.74) is 6.91. The van der Waals surface area contributed by atoms with Gasteiger partial charge in [0.1, 0.15) is 6.61 Å². The number of rotatable bonds is 6. The fraction of sp³-hybridized carbons (Fsp3) is 0.222. The summed E-state index contributed by atoms with van der Waals surface area (Å²) in [7, 11) is 0. The predicted octanol–water partition coefficient (Wildman–Crippen LogP) is 5.28. The third-order valence-corrected chi connectivity index (χ3v) is 5.85. The Hall–Kier alpha value is -3.41. The van der Waals surface area contributed by atoms with Crippen LogP contribution in [0.2, 0.25) is 0 Å². The Morgan fingerprint density at radius 2 is 1.53 bits per heavy atom. The van der Waals surface area contributed by atoms with Gasteiger partial charge in [0, 0.05) is 18.0 Å². The van der Waals surface area contributed by atoms with E-state index in [2.05, 4.69) is 29.6 Å². The Morgan fingerprint density at radius 3 is 2.19 bits per heavy atom. The molecule has 0 spiro atoms. The lowest BCUT2D eigenvalue weighted by atomic mass is 9.98. The lowest BCUT2D eigenvalue weighted by Crippen LogP contribution is -2.26. The molecular weight excluding hydrogens is 402 g/mol. The molecule has 5 heteroatoms. The number of nitrogens with one attached hydrogen (secondary N) is 1. The first kappa shape index (κ1) is 20.5. The molecular formula is C27H25NO4. The summed E-state index contributed by atoms with van der Waals surface area (Å²) in [4.78, 5) is 12.2. The molecule has 1 amide bonds. The number of hydrogen-bond donors (Lipinski definition) is 1. The highest BCUT2D eigenvalue weighted by Gasteiger charge is 2.28. The smallest absolute Gasteiger partial charge is 0.407 e. The largest absolute Gasteiger partial charge is 0.449 e. The Balaban J connectivity index is 1.12. The minimum absolute atomic E-state index is 0.0648. The Bertz CT molecular complexity index is 1070. The van der Waals surface area contributed by atoms with Crippen molar-refractivity contribution in [2.45, 2.75) is 12.2 Å². The molecule has 0 bridgehead atoms. The Labute approximate surface area is 187 Å². The van der Waals surface area contributed by atoms with Crippen LogP contribution in [0.25, 0.3) is 17.2 Å². The van der Waals surface area contributed by atoms with Gasteiger partial charge in [-0.1, -0.05) is 84.9 Å². The van der Waals surface area contributed by atoms with E-state index in [-0.39, 0.29) is 12.2 Å². The SMILES string of the molecule is O=C(NCC=Cc1ccc(C2OCCO2)cc1)OCC1c2ccccc2-c2ccccc21. The minimum Gasteiger partial charge on any atom is -0.449 e. The minimum atomic E-state index is -0.414. The lowest BCUT2D eigenvalue weighted by molar-refractivity contribution is -0.0441. The molecule has 1 aliphatic carbocycles. The third-order valence-electron chi connectivity index (χ3n) is 5.85. The van der Waals surface area contributed by atoms with Crippen LogP contribution in [0.1, 0.15) is 34.5 Å². The number of benzene rings is 3. The van der Waals surface area contributed by atoms with Gasteiger partial charge in [-0.25, -0.2) is 4.79 Å². The van der Waals surface area contributed by atoms with Crippen LogP contribution in [-0.2, 0) is 14.2 Å². The van der Waals surface area contributed by atoms with E-state index in [1.165, 1.54) is 22.3 Å². The molecule has 162 valence electrons. The Kier molecular flexibility index (Phi) is 6.01. The van der Waals surface area contributed by atoms with Crippen LogP contribution in [0.5, 0.6) is 0 Å². The summed E-state index contributed by atoms with van der Waals surface area (Å²) >= 11 is 0. The highest BCUT2D eigenvalue weighted by atomic mass is 16.7. The van der Waals surface area contributed by atoms with Crippen LogP contribution in [0.15, 0.2) is 78.9 Å². The molecule has 3 aromatic rings. The van der Waals surface area contributed by atoms with Gasteiger partial charge >= 0.3 is 6.09 Å².